The molecule has 1 heterocycles. The summed E-state index contributed by atoms with van der Waals surface area (Å²) in [6.07, 6.45) is 0. The predicted molar refractivity (Wildman–Crippen MR) is 117 cm³/mol. The maximum atomic E-state index is 12.6. The van der Waals surface area contributed by atoms with Crippen LogP contribution < -0.4 is 10.6 Å². The molecule has 0 spiro atoms. The molecule has 0 aliphatic heterocycles. The van der Waals surface area contributed by atoms with E-state index in [9.17, 15) is 9.59 Å². The molecule has 1 aromatic heterocycles. The number of hydrogen-bond acceptors (Lipinski definition) is 5. The Morgan fingerprint density at radius 1 is 1.00 bits per heavy atom. The summed E-state index contributed by atoms with van der Waals surface area (Å²) < 4.78 is 6.95. The molecule has 7 nitrogen and oxygen atoms in total. The first kappa shape index (κ1) is 21.1. The van der Waals surface area contributed by atoms with Crippen molar-refractivity contribution in [1.82, 2.24) is 9.78 Å². The average Bonchev–Trinajstić information content (AvgIpc) is 2.96. The fourth-order valence-corrected chi connectivity index (χ4v) is 3.14. The van der Waals surface area contributed by atoms with E-state index in [1.165, 1.54) is 0 Å². The zero-order chi connectivity index (χ0) is 21.8. The van der Waals surface area contributed by atoms with E-state index >= 15 is 0 Å². The Morgan fingerprint density at radius 2 is 1.70 bits per heavy atom. The van der Waals surface area contributed by atoms with Gasteiger partial charge in [-0.3, -0.25) is 9.48 Å². The monoisotopic (exact) mass is 406 g/mol. The smallest absolute Gasteiger partial charge is 0.340 e. The van der Waals surface area contributed by atoms with E-state index in [1.54, 1.807) is 29.9 Å². The highest BCUT2D eigenvalue weighted by molar-refractivity contribution is 5.99. The normalized spacial score (nSPS) is 10.6. The van der Waals surface area contributed by atoms with Crippen molar-refractivity contribution < 1.29 is 14.3 Å². The van der Waals surface area contributed by atoms with Crippen LogP contribution in [0.15, 0.2) is 42.5 Å². The van der Waals surface area contributed by atoms with Gasteiger partial charge in [-0.1, -0.05) is 24.3 Å². The molecule has 3 aromatic rings. The quantitative estimate of drug-likeness (QED) is 0.600. The Kier molecular flexibility index (Phi) is 6.20. The summed E-state index contributed by atoms with van der Waals surface area (Å²) in [5.41, 5.74) is 6.31. The van der Waals surface area contributed by atoms with E-state index in [0.717, 1.165) is 22.5 Å². The van der Waals surface area contributed by atoms with E-state index in [4.69, 9.17) is 4.74 Å². The number of aryl methyl sites for hydroxylation is 3. The van der Waals surface area contributed by atoms with Gasteiger partial charge in [0.15, 0.2) is 6.61 Å². The van der Waals surface area contributed by atoms with Gasteiger partial charge in [-0.05, 0) is 57.0 Å². The summed E-state index contributed by atoms with van der Waals surface area (Å²) in [7, 11) is 1.80. The molecule has 0 radical (unpaired) electrons. The molecule has 0 saturated carbocycles. The van der Waals surface area contributed by atoms with Crippen LogP contribution in [0, 0.1) is 27.7 Å². The molecule has 30 heavy (non-hydrogen) atoms. The van der Waals surface area contributed by atoms with Gasteiger partial charge in [-0.2, -0.15) is 5.10 Å². The Balaban J connectivity index is 1.69. The van der Waals surface area contributed by atoms with Gasteiger partial charge in [0.25, 0.3) is 5.91 Å². The second kappa shape index (κ2) is 8.82. The van der Waals surface area contributed by atoms with Crippen LogP contribution in [0.25, 0.3) is 0 Å². The number of benzene rings is 2. The lowest BCUT2D eigenvalue weighted by molar-refractivity contribution is -0.119. The molecule has 156 valence electrons. The van der Waals surface area contributed by atoms with Crippen LogP contribution in [0.2, 0.25) is 0 Å². The minimum absolute atomic E-state index is 0.361. The SMILES string of the molecule is Cc1cccc(Nc2ccccc2C(=O)OCC(=O)Nc2c(C)nn(C)c2C)c1C. The topological polar surface area (TPSA) is 85.2 Å². The van der Waals surface area contributed by atoms with E-state index in [1.807, 2.05) is 52.0 Å². The summed E-state index contributed by atoms with van der Waals surface area (Å²) in [6.45, 7) is 7.33. The summed E-state index contributed by atoms with van der Waals surface area (Å²) in [5.74, 6) is -0.985. The number of esters is 1. The molecule has 0 aliphatic rings. The third kappa shape index (κ3) is 4.51. The molecule has 0 unspecified atom stereocenters. The van der Waals surface area contributed by atoms with Crippen LogP contribution in [0.1, 0.15) is 32.9 Å². The van der Waals surface area contributed by atoms with Gasteiger partial charge in [-0.25, -0.2) is 4.79 Å². The average molecular weight is 406 g/mol. The third-order valence-electron chi connectivity index (χ3n) is 5.13. The van der Waals surface area contributed by atoms with Gasteiger partial charge < -0.3 is 15.4 Å². The number of ether oxygens (including phenoxy) is 1. The van der Waals surface area contributed by atoms with Gasteiger partial charge in [-0.15, -0.1) is 0 Å². The molecule has 2 aromatic carbocycles. The first-order chi connectivity index (χ1) is 14.3. The predicted octanol–water partition coefficient (Wildman–Crippen LogP) is 4.19. The van der Waals surface area contributed by atoms with E-state index in [0.29, 0.717) is 22.6 Å². The highest BCUT2D eigenvalue weighted by Gasteiger charge is 2.17. The summed E-state index contributed by atoms with van der Waals surface area (Å²) >= 11 is 0. The molecule has 0 saturated heterocycles. The van der Waals surface area contributed by atoms with Gasteiger partial charge in [0, 0.05) is 12.7 Å². The zero-order valence-electron chi connectivity index (χ0n) is 17.9. The first-order valence-corrected chi connectivity index (χ1v) is 9.67. The van der Waals surface area contributed by atoms with E-state index in [2.05, 4.69) is 15.7 Å². The molecule has 1 amide bonds. The fraction of sp³-hybridized carbons (Fsp3) is 0.261. The number of nitrogens with one attached hydrogen (secondary N) is 2. The molecule has 0 bridgehead atoms. The number of anilines is 3. The van der Waals surface area contributed by atoms with Crippen molar-refractivity contribution in [3.05, 3.63) is 70.5 Å². The molecular formula is C23H26N4O3. The van der Waals surface area contributed by atoms with Crippen LogP contribution in [-0.4, -0.2) is 28.3 Å². The van der Waals surface area contributed by atoms with Crippen molar-refractivity contribution in [3.8, 4) is 0 Å². The Bertz CT molecular complexity index is 1100. The van der Waals surface area contributed by atoms with Gasteiger partial charge in [0.1, 0.15) is 0 Å². The Morgan fingerprint density at radius 3 is 2.40 bits per heavy atom. The molecule has 0 aliphatic carbocycles. The van der Waals surface area contributed by atoms with Crippen molar-refractivity contribution in [2.45, 2.75) is 27.7 Å². The fourth-order valence-electron chi connectivity index (χ4n) is 3.14. The number of hydrogen-bond donors (Lipinski definition) is 2. The summed E-state index contributed by atoms with van der Waals surface area (Å²) in [5, 5.41) is 10.3. The highest BCUT2D eigenvalue weighted by atomic mass is 16.5. The number of aromatic nitrogens is 2. The lowest BCUT2D eigenvalue weighted by Crippen LogP contribution is -2.22. The van der Waals surface area contributed by atoms with Gasteiger partial charge in [0.2, 0.25) is 0 Å². The maximum Gasteiger partial charge on any atom is 0.340 e. The molecule has 0 atom stereocenters. The standard InChI is InChI=1S/C23H26N4O3/c1-14-9-8-12-19(15(14)2)24-20-11-7-6-10-18(20)23(29)30-13-21(28)25-22-16(3)26-27(5)17(22)4/h6-12,24H,13H2,1-5H3,(H,25,28). The minimum atomic E-state index is -0.571. The van der Waals surface area contributed by atoms with E-state index < -0.39 is 11.9 Å². The highest BCUT2D eigenvalue weighted by Crippen LogP contribution is 2.26. The number of rotatable bonds is 6. The van der Waals surface area contributed by atoms with Crippen LogP contribution >= 0.6 is 0 Å². The number of amides is 1. The van der Waals surface area contributed by atoms with Crippen LogP contribution in [0.5, 0.6) is 0 Å². The first-order valence-electron chi connectivity index (χ1n) is 9.67. The van der Waals surface area contributed by atoms with Crippen molar-refractivity contribution >= 4 is 28.9 Å². The molecule has 3 rings (SSSR count). The number of carbonyl (C=O) groups excluding carboxylic acids is 2. The molecule has 2 N–H and O–H groups in total. The zero-order valence-corrected chi connectivity index (χ0v) is 17.9. The molecule has 0 fully saturated rings. The lowest BCUT2D eigenvalue weighted by atomic mass is 10.1. The molecular weight excluding hydrogens is 380 g/mol. The Hall–Kier alpha value is -3.61. The van der Waals surface area contributed by atoms with Gasteiger partial charge in [0.05, 0.1) is 28.3 Å². The summed E-state index contributed by atoms with van der Waals surface area (Å²) in [4.78, 5) is 24.9. The second-order valence-electron chi connectivity index (χ2n) is 7.21. The number of nitrogens with zero attached hydrogens (tertiary/aromatic N) is 2. The molecule has 7 heteroatoms. The maximum absolute atomic E-state index is 12.6. The van der Waals surface area contributed by atoms with Gasteiger partial charge >= 0.3 is 5.97 Å². The minimum Gasteiger partial charge on any atom is -0.452 e. The number of para-hydroxylation sites is 1. The van der Waals surface area contributed by atoms with Crippen LogP contribution in [0.3, 0.4) is 0 Å². The third-order valence-corrected chi connectivity index (χ3v) is 5.13. The lowest BCUT2D eigenvalue weighted by Gasteiger charge is -2.14. The summed E-state index contributed by atoms with van der Waals surface area (Å²) in [6, 6.07) is 13.0. The van der Waals surface area contributed by atoms with Crippen molar-refractivity contribution in [2.24, 2.45) is 7.05 Å². The largest absolute Gasteiger partial charge is 0.452 e. The Labute approximate surface area is 176 Å². The van der Waals surface area contributed by atoms with Crippen molar-refractivity contribution in [1.29, 1.82) is 0 Å². The van der Waals surface area contributed by atoms with E-state index in [-0.39, 0.29) is 6.61 Å². The number of carbonyl (C=O) groups is 2. The van der Waals surface area contributed by atoms with Crippen molar-refractivity contribution in [2.75, 3.05) is 17.2 Å². The van der Waals surface area contributed by atoms with Crippen LogP contribution in [-0.2, 0) is 16.6 Å². The van der Waals surface area contributed by atoms with Crippen LogP contribution in [0.4, 0.5) is 17.1 Å². The van der Waals surface area contributed by atoms with Crippen molar-refractivity contribution in [3.63, 3.8) is 0 Å². The second-order valence-corrected chi connectivity index (χ2v) is 7.21.